The predicted octanol–water partition coefficient (Wildman–Crippen LogP) is 3.84. The summed E-state index contributed by atoms with van der Waals surface area (Å²) >= 11 is 0. The van der Waals surface area contributed by atoms with Gasteiger partial charge in [0, 0.05) is 31.7 Å². The quantitative estimate of drug-likeness (QED) is 0.423. The van der Waals surface area contributed by atoms with Gasteiger partial charge in [-0.1, -0.05) is 30.3 Å². The second-order valence-corrected chi connectivity index (χ2v) is 11.0. The Kier molecular flexibility index (Phi) is 8.18. The van der Waals surface area contributed by atoms with Gasteiger partial charge in [-0.15, -0.1) is 0 Å². The number of halogens is 3. The first-order valence-electron chi connectivity index (χ1n) is 12.0. The molecule has 39 heavy (non-hydrogen) atoms. The maximum absolute atomic E-state index is 13.7. The summed E-state index contributed by atoms with van der Waals surface area (Å²) < 4.78 is 74.4. The lowest BCUT2D eigenvalue weighted by Gasteiger charge is -2.36. The molecule has 2 heterocycles. The van der Waals surface area contributed by atoms with Crippen LogP contribution in [0.3, 0.4) is 0 Å². The summed E-state index contributed by atoms with van der Waals surface area (Å²) in [6.07, 6.45) is -6.16. The SMILES string of the molecule is COc1ccc(-n2nc(C(F)(F)F)cc2N(C(=O)O)C2CCN(S(=O)(=O)Cc3ccccc3)CC2)c(CN)c1. The van der Waals surface area contributed by atoms with Gasteiger partial charge in [-0.2, -0.15) is 18.3 Å². The molecule has 210 valence electrons. The lowest BCUT2D eigenvalue weighted by Crippen LogP contribution is -2.49. The van der Waals surface area contributed by atoms with E-state index in [4.69, 9.17) is 10.5 Å². The molecule has 14 heteroatoms. The number of sulfonamides is 1. The minimum atomic E-state index is -4.84. The number of piperidine rings is 1. The summed E-state index contributed by atoms with van der Waals surface area (Å²) in [5.41, 5.74) is 5.73. The Morgan fingerprint density at radius 3 is 2.38 bits per heavy atom. The van der Waals surface area contributed by atoms with Crippen LogP contribution in [0.5, 0.6) is 5.75 Å². The molecule has 2 aromatic carbocycles. The third-order valence-corrected chi connectivity index (χ3v) is 8.39. The standard InChI is InChI=1S/C25H28F3N5O5S/c1-38-20-7-8-21(18(13-20)15-29)33-23(14-22(30-33)25(26,27)28)32(24(34)35)19-9-11-31(12-10-19)39(36,37)16-17-5-3-2-4-6-17/h2-8,13-14,19H,9-12,15-16,29H2,1H3,(H,34,35). The van der Waals surface area contributed by atoms with Crippen LogP contribution in [0, 0.1) is 0 Å². The number of carboxylic acid groups (broad SMARTS) is 1. The van der Waals surface area contributed by atoms with Crippen LogP contribution >= 0.6 is 0 Å². The van der Waals surface area contributed by atoms with E-state index in [1.165, 1.54) is 29.6 Å². The van der Waals surface area contributed by atoms with Crippen LogP contribution in [-0.4, -0.2) is 59.9 Å². The van der Waals surface area contributed by atoms with Crippen LogP contribution < -0.4 is 15.4 Å². The second-order valence-electron chi connectivity index (χ2n) is 9.02. The number of ether oxygens (including phenoxy) is 1. The highest BCUT2D eigenvalue weighted by atomic mass is 32.2. The van der Waals surface area contributed by atoms with Crippen molar-refractivity contribution in [2.75, 3.05) is 25.1 Å². The minimum absolute atomic E-state index is 0.0143. The summed E-state index contributed by atoms with van der Waals surface area (Å²) in [6.45, 7) is -0.0428. The van der Waals surface area contributed by atoms with Gasteiger partial charge in [-0.25, -0.2) is 22.2 Å². The molecule has 1 fully saturated rings. The number of hydrogen-bond acceptors (Lipinski definition) is 6. The zero-order chi connectivity index (χ0) is 28.4. The molecule has 0 saturated carbocycles. The number of methoxy groups -OCH3 is 1. The van der Waals surface area contributed by atoms with Crippen LogP contribution in [0.25, 0.3) is 5.69 Å². The Morgan fingerprint density at radius 1 is 1.15 bits per heavy atom. The summed E-state index contributed by atoms with van der Waals surface area (Å²) in [5, 5.41) is 13.8. The Hall–Kier alpha value is -3.62. The number of carbonyl (C=O) groups is 1. The summed E-state index contributed by atoms with van der Waals surface area (Å²) in [5.74, 6) is -0.106. The maximum Gasteiger partial charge on any atom is 0.435 e. The summed E-state index contributed by atoms with van der Waals surface area (Å²) in [4.78, 5) is 13.3. The van der Waals surface area contributed by atoms with Crippen molar-refractivity contribution in [2.45, 2.75) is 37.4 Å². The molecule has 1 saturated heterocycles. The molecule has 0 bridgehead atoms. The normalized spacial score (nSPS) is 15.3. The predicted molar refractivity (Wildman–Crippen MR) is 137 cm³/mol. The molecule has 1 aromatic heterocycles. The number of benzene rings is 2. The Labute approximate surface area is 223 Å². The second kappa shape index (κ2) is 11.2. The molecular weight excluding hydrogens is 539 g/mol. The lowest BCUT2D eigenvalue weighted by molar-refractivity contribution is -0.141. The van der Waals surface area contributed by atoms with E-state index in [0.717, 1.165) is 9.58 Å². The van der Waals surface area contributed by atoms with Crippen LogP contribution in [0.4, 0.5) is 23.8 Å². The molecule has 3 N–H and O–H groups in total. The monoisotopic (exact) mass is 567 g/mol. The number of alkyl halides is 3. The van der Waals surface area contributed by atoms with Crippen LogP contribution in [0.2, 0.25) is 0 Å². The van der Waals surface area contributed by atoms with E-state index in [1.807, 2.05) is 0 Å². The average molecular weight is 568 g/mol. The molecule has 0 aliphatic carbocycles. The fraction of sp³-hybridized carbons (Fsp3) is 0.360. The van der Waals surface area contributed by atoms with Gasteiger partial charge in [0.05, 0.1) is 18.6 Å². The maximum atomic E-state index is 13.7. The van der Waals surface area contributed by atoms with Crippen molar-refractivity contribution >= 4 is 21.9 Å². The molecule has 0 unspecified atom stereocenters. The largest absolute Gasteiger partial charge is 0.497 e. The highest BCUT2D eigenvalue weighted by Gasteiger charge is 2.40. The number of aromatic nitrogens is 2. The molecule has 1 aliphatic rings. The molecule has 4 rings (SSSR count). The van der Waals surface area contributed by atoms with Gasteiger partial charge in [0.15, 0.2) is 5.69 Å². The zero-order valence-electron chi connectivity index (χ0n) is 21.0. The first kappa shape index (κ1) is 28.4. The third kappa shape index (κ3) is 6.18. The Morgan fingerprint density at radius 2 is 1.82 bits per heavy atom. The van der Waals surface area contributed by atoms with Crippen molar-refractivity contribution < 1.29 is 36.2 Å². The highest BCUT2D eigenvalue weighted by Crippen LogP contribution is 2.36. The van der Waals surface area contributed by atoms with Crippen molar-refractivity contribution in [3.05, 3.63) is 71.4 Å². The van der Waals surface area contributed by atoms with Gasteiger partial charge >= 0.3 is 12.3 Å². The van der Waals surface area contributed by atoms with Crippen molar-refractivity contribution in [3.63, 3.8) is 0 Å². The number of hydrogen-bond donors (Lipinski definition) is 2. The van der Waals surface area contributed by atoms with Gasteiger partial charge in [-0.3, -0.25) is 4.90 Å². The molecule has 1 amide bonds. The number of anilines is 1. The zero-order valence-corrected chi connectivity index (χ0v) is 21.8. The molecular formula is C25H28F3N5O5S. The van der Waals surface area contributed by atoms with Crippen molar-refractivity contribution in [1.82, 2.24) is 14.1 Å². The molecule has 0 atom stereocenters. The Balaban J connectivity index is 1.66. The smallest absolute Gasteiger partial charge is 0.435 e. The topological polar surface area (TPSA) is 131 Å². The fourth-order valence-corrected chi connectivity index (χ4v) is 6.18. The van der Waals surface area contributed by atoms with Crippen LogP contribution in [0.1, 0.15) is 29.7 Å². The van der Waals surface area contributed by atoms with E-state index in [0.29, 0.717) is 22.9 Å². The molecule has 0 spiro atoms. The Bertz CT molecular complexity index is 1420. The van der Waals surface area contributed by atoms with E-state index < -0.39 is 34.0 Å². The van der Waals surface area contributed by atoms with E-state index in [1.54, 1.807) is 30.3 Å². The van der Waals surface area contributed by atoms with Crippen molar-refractivity contribution in [3.8, 4) is 11.4 Å². The van der Waals surface area contributed by atoms with Gasteiger partial charge in [0.25, 0.3) is 0 Å². The third-order valence-electron chi connectivity index (χ3n) is 6.54. The first-order valence-corrected chi connectivity index (χ1v) is 13.6. The molecule has 0 radical (unpaired) electrons. The van der Waals surface area contributed by atoms with Crippen molar-refractivity contribution in [1.29, 1.82) is 0 Å². The van der Waals surface area contributed by atoms with Crippen LogP contribution in [0.15, 0.2) is 54.6 Å². The van der Waals surface area contributed by atoms with Crippen LogP contribution in [-0.2, 0) is 28.5 Å². The van der Waals surface area contributed by atoms with Gasteiger partial charge < -0.3 is 15.6 Å². The minimum Gasteiger partial charge on any atom is -0.497 e. The average Bonchev–Trinajstić information content (AvgIpc) is 3.34. The van der Waals surface area contributed by atoms with Crippen molar-refractivity contribution in [2.24, 2.45) is 5.73 Å². The number of rotatable bonds is 8. The first-order chi connectivity index (χ1) is 18.4. The van der Waals surface area contributed by atoms with E-state index in [-0.39, 0.29) is 49.7 Å². The number of nitrogens with two attached hydrogens (primary N) is 1. The summed E-state index contributed by atoms with van der Waals surface area (Å²) in [7, 11) is -2.25. The molecule has 10 nitrogen and oxygen atoms in total. The highest BCUT2D eigenvalue weighted by molar-refractivity contribution is 7.88. The molecule has 1 aliphatic heterocycles. The van der Waals surface area contributed by atoms with Gasteiger partial charge in [0.1, 0.15) is 11.6 Å². The molecule has 3 aromatic rings. The van der Waals surface area contributed by atoms with E-state index in [2.05, 4.69) is 5.10 Å². The van der Waals surface area contributed by atoms with Gasteiger partial charge in [-0.05, 0) is 42.2 Å². The number of nitrogens with zero attached hydrogens (tertiary/aromatic N) is 4. The van der Waals surface area contributed by atoms with E-state index >= 15 is 0 Å². The van der Waals surface area contributed by atoms with E-state index in [9.17, 15) is 31.5 Å². The fourth-order valence-electron chi connectivity index (χ4n) is 4.61. The lowest BCUT2D eigenvalue weighted by atomic mass is 10.1. The number of amides is 1. The summed E-state index contributed by atoms with van der Waals surface area (Å²) in [6, 6.07) is 13.0. The van der Waals surface area contributed by atoms with Gasteiger partial charge in [0.2, 0.25) is 10.0 Å².